The summed E-state index contributed by atoms with van der Waals surface area (Å²) in [6, 6.07) is 10.4. The molecule has 1 aromatic heterocycles. The zero-order chi connectivity index (χ0) is 31.1. The Morgan fingerprint density at radius 3 is 2.55 bits per heavy atom. The van der Waals surface area contributed by atoms with Crippen molar-refractivity contribution in [2.75, 3.05) is 30.9 Å². The van der Waals surface area contributed by atoms with Gasteiger partial charge in [-0.05, 0) is 32.4 Å². The van der Waals surface area contributed by atoms with E-state index in [1.165, 1.54) is 26.1 Å². The molecule has 1 saturated heterocycles. The molecule has 2 heterocycles. The van der Waals surface area contributed by atoms with Crippen LogP contribution in [0.1, 0.15) is 39.5 Å². The van der Waals surface area contributed by atoms with E-state index >= 15 is 0 Å². The number of hydrogen-bond donors (Lipinski definition) is 5. The molecule has 1 aliphatic heterocycles. The maximum absolute atomic E-state index is 13.7. The lowest BCUT2D eigenvalue weighted by atomic mass is 9.96. The standard InChI is InChI=1S/C26H37N4O10PS/c1-17(32)28-20-10-11-30(24(35)29-20)22-26(4,36)21(33)19(40-22)15-39-41(37,27-14-18-8-6-5-7-9-18)38-12-13-42-23(34)25(2,3)16-31/h5-11,19,21-22,31,33,36H,12-16H2,1-4H3,(H,27,37)(H,28,29,32,35)/t19-,21?,22?,26+,41?/m1/s1. The van der Waals surface area contributed by atoms with Gasteiger partial charge in [0.15, 0.2) is 11.3 Å². The molecule has 1 aromatic carbocycles. The van der Waals surface area contributed by atoms with E-state index in [2.05, 4.69) is 15.4 Å². The molecule has 1 fully saturated rings. The molecule has 0 bridgehead atoms. The Bertz CT molecular complexity index is 1340. The highest BCUT2D eigenvalue weighted by molar-refractivity contribution is 8.13. The number of carbonyl (C=O) groups excluding carboxylic acids is 2. The van der Waals surface area contributed by atoms with Crippen LogP contribution in [0.2, 0.25) is 0 Å². The average Bonchev–Trinajstić information content (AvgIpc) is 3.17. The first-order valence-electron chi connectivity index (χ1n) is 13.1. The van der Waals surface area contributed by atoms with Gasteiger partial charge in [-0.1, -0.05) is 42.1 Å². The van der Waals surface area contributed by atoms with Crippen molar-refractivity contribution in [1.29, 1.82) is 0 Å². The van der Waals surface area contributed by atoms with Crippen molar-refractivity contribution < 1.29 is 43.3 Å². The summed E-state index contributed by atoms with van der Waals surface area (Å²) in [5.74, 6) is -0.292. The first-order valence-corrected chi connectivity index (χ1v) is 15.6. The van der Waals surface area contributed by atoms with Crippen molar-refractivity contribution in [2.24, 2.45) is 5.41 Å². The second kappa shape index (κ2) is 14.3. The number of carbonyl (C=O) groups is 2. The van der Waals surface area contributed by atoms with Gasteiger partial charge in [-0.3, -0.25) is 23.2 Å². The van der Waals surface area contributed by atoms with Crippen LogP contribution in [0.25, 0.3) is 0 Å². The monoisotopic (exact) mass is 628 g/mol. The Morgan fingerprint density at radius 1 is 1.24 bits per heavy atom. The van der Waals surface area contributed by atoms with E-state index < -0.39 is 55.4 Å². The van der Waals surface area contributed by atoms with Crippen LogP contribution in [0.5, 0.6) is 0 Å². The number of aliphatic hydroxyl groups excluding tert-OH is 2. The third-order valence-corrected chi connectivity index (χ3v) is 9.14. The van der Waals surface area contributed by atoms with Gasteiger partial charge in [-0.15, -0.1) is 0 Å². The molecule has 232 valence electrons. The van der Waals surface area contributed by atoms with E-state index in [-0.39, 0.29) is 36.4 Å². The average molecular weight is 629 g/mol. The number of amides is 1. The molecule has 0 saturated carbocycles. The van der Waals surface area contributed by atoms with Crippen LogP contribution in [0, 0.1) is 5.41 Å². The summed E-state index contributed by atoms with van der Waals surface area (Å²) in [6.07, 6.45) is -2.94. The lowest BCUT2D eigenvalue weighted by Crippen LogP contribution is -2.46. The summed E-state index contributed by atoms with van der Waals surface area (Å²) in [7, 11) is -4.05. The van der Waals surface area contributed by atoms with Crippen molar-refractivity contribution >= 4 is 36.3 Å². The highest BCUT2D eigenvalue weighted by atomic mass is 32.2. The normalized spacial score (nSPS) is 23.8. The minimum Gasteiger partial charge on any atom is -0.395 e. The molecule has 0 spiro atoms. The molecule has 1 aliphatic rings. The molecule has 16 heteroatoms. The molecule has 3 unspecified atom stereocenters. The third-order valence-electron chi connectivity index (χ3n) is 6.40. The Hall–Kier alpha value is -2.46. The summed E-state index contributed by atoms with van der Waals surface area (Å²) < 4.78 is 31.6. The zero-order valence-corrected chi connectivity index (χ0v) is 25.5. The number of aromatic nitrogens is 2. The Morgan fingerprint density at radius 2 is 1.93 bits per heavy atom. The predicted octanol–water partition coefficient (Wildman–Crippen LogP) is 1.42. The molecule has 42 heavy (non-hydrogen) atoms. The maximum Gasteiger partial charge on any atom is 0.405 e. The number of nitrogens with zero attached hydrogens (tertiary/aromatic N) is 2. The van der Waals surface area contributed by atoms with Crippen LogP contribution in [-0.2, 0) is 34.5 Å². The predicted molar refractivity (Wildman–Crippen MR) is 154 cm³/mol. The number of thioether (sulfide) groups is 1. The summed E-state index contributed by atoms with van der Waals surface area (Å²) in [6.45, 7) is 4.88. The second-order valence-electron chi connectivity index (χ2n) is 10.5. The van der Waals surface area contributed by atoms with Gasteiger partial charge in [0.2, 0.25) is 5.91 Å². The number of aliphatic hydroxyl groups is 3. The molecule has 3 rings (SSSR count). The van der Waals surface area contributed by atoms with Gasteiger partial charge in [-0.25, -0.2) is 14.4 Å². The Labute approximate surface area is 247 Å². The van der Waals surface area contributed by atoms with E-state index in [9.17, 15) is 34.3 Å². The maximum atomic E-state index is 13.7. The fraction of sp³-hybridized carbons (Fsp3) is 0.538. The number of nitrogens with one attached hydrogen (secondary N) is 2. The topological polar surface area (TPSA) is 199 Å². The fourth-order valence-electron chi connectivity index (χ4n) is 3.85. The number of benzene rings is 1. The van der Waals surface area contributed by atoms with Gasteiger partial charge < -0.3 is 25.4 Å². The van der Waals surface area contributed by atoms with Gasteiger partial charge in [0.25, 0.3) is 0 Å². The lowest BCUT2D eigenvalue weighted by molar-refractivity contribution is -0.120. The SMILES string of the molecule is CC(=O)Nc1ccn(C2O[C@H](COP(=O)(NCc3ccccc3)OCCSC(=O)C(C)(C)CO)C(O)[C@]2(C)O)c(=O)n1. The molecular formula is C26H37N4O10PS. The summed E-state index contributed by atoms with van der Waals surface area (Å²) in [4.78, 5) is 39.9. The van der Waals surface area contributed by atoms with Crippen LogP contribution >= 0.6 is 19.5 Å². The Kier molecular flexibility index (Phi) is 11.6. The molecule has 2 aromatic rings. The van der Waals surface area contributed by atoms with Crippen molar-refractivity contribution in [2.45, 2.75) is 58.3 Å². The van der Waals surface area contributed by atoms with E-state index in [0.717, 1.165) is 21.9 Å². The van der Waals surface area contributed by atoms with Gasteiger partial charge in [0.05, 0.1) is 25.2 Å². The highest BCUT2D eigenvalue weighted by Gasteiger charge is 2.54. The number of ether oxygens (including phenoxy) is 1. The molecule has 0 radical (unpaired) electrons. The first-order chi connectivity index (χ1) is 19.7. The van der Waals surface area contributed by atoms with E-state index in [4.69, 9.17) is 13.8 Å². The molecular weight excluding hydrogens is 591 g/mol. The molecule has 14 nitrogen and oxygen atoms in total. The van der Waals surface area contributed by atoms with Crippen LogP contribution in [0.4, 0.5) is 5.82 Å². The van der Waals surface area contributed by atoms with Gasteiger partial charge in [-0.2, -0.15) is 4.98 Å². The summed E-state index contributed by atoms with van der Waals surface area (Å²) >= 11 is 0.922. The van der Waals surface area contributed by atoms with Crippen LogP contribution in [-0.4, -0.2) is 79.3 Å². The van der Waals surface area contributed by atoms with Crippen LogP contribution in [0.15, 0.2) is 47.4 Å². The fourth-order valence-corrected chi connectivity index (χ4v) is 6.09. The number of anilines is 1. The number of hydrogen-bond acceptors (Lipinski definition) is 12. The molecule has 1 amide bonds. The first kappa shape index (κ1) is 34.0. The van der Waals surface area contributed by atoms with Gasteiger partial charge >= 0.3 is 13.4 Å². The quantitative estimate of drug-likeness (QED) is 0.149. The van der Waals surface area contributed by atoms with Crippen LogP contribution < -0.4 is 16.1 Å². The Balaban J connectivity index is 1.70. The molecule has 5 atom stereocenters. The largest absolute Gasteiger partial charge is 0.405 e. The van der Waals surface area contributed by atoms with Gasteiger partial charge in [0.1, 0.15) is 23.6 Å². The van der Waals surface area contributed by atoms with E-state index in [1.54, 1.807) is 38.1 Å². The summed E-state index contributed by atoms with van der Waals surface area (Å²) in [5.41, 5.74) is -2.99. The van der Waals surface area contributed by atoms with Gasteiger partial charge in [0, 0.05) is 25.4 Å². The second-order valence-corrected chi connectivity index (χ2v) is 13.4. The van der Waals surface area contributed by atoms with Crippen molar-refractivity contribution in [3.8, 4) is 0 Å². The molecule has 5 N–H and O–H groups in total. The van der Waals surface area contributed by atoms with Crippen molar-refractivity contribution in [3.63, 3.8) is 0 Å². The zero-order valence-electron chi connectivity index (χ0n) is 23.8. The summed E-state index contributed by atoms with van der Waals surface area (Å²) in [5, 5.41) is 36.1. The van der Waals surface area contributed by atoms with Crippen LogP contribution in [0.3, 0.4) is 0 Å². The minimum atomic E-state index is -4.05. The minimum absolute atomic E-state index is 0.00388. The number of rotatable bonds is 14. The molecule has 0 aliphatic carbocycles. The smallest absolute Gasteiger partial charge is 0.395 e. The lowest BCUT2D eigenvalue weighted by Gasteiger charge is -2.27. The van der Waals surface area contributed by atoms with E-state index in [1.807, 2.05) is 6.07 Å². The van der Waals surface area contributed by atoms with Crippen molar-refractivity contribution in [3.05, 3.63) is 58.6 Å². The third kappa shape index (κ3) is 8.78. The highest BCUT2D eigenvalue weighted by Crippen LogP contribution is 2.46. The van der Waals surface area contributed by atoms with Crippen molar-refractivity contribution in [1.82, 2.24) is 14.6 Å². The van der Waals surface area contributed by atoms with E-state index in [0.29, 0.717) is 0 Å².